The van der Waals surface area contributed by atoms with Crippen LogP contribution in [-0.2, 0) is 23.9 Å². The van der Waals surface area contributed by atoms with Crippen LogP contribution in [0.3, 0.4) is 0 Å². The van der Waals surface area contributed by atoms with Gasteiger partial charge in [0.1, 0.15) is 6.42 Å². The molecule has 1 aliphatic rings. The van der Waals surface area contributed by atoms with Crippen molar-refractivity contribution in [3.63, 3.8) is 0 Å². The van der Waals surface area contributed by atoms with E-state index in [0.29, 0.717) is 21.9 Å². The molecule has 29 heavy (non-hydrogen) atoms. The van der Waals surface area contributed by atoms with Gasteiger partial charge in [-0.1, -0.05) is 17.8 Å². The van der Waals surface area contributed by atoms with Gasteiger partial charge in [0.25, 0.3) is 0 Å². The smallest absolute Gasteiger partial charge is 0.336 e. The van der Waals surface area contributed by atoms with Crippen molar-refractivity contribution in [1.29, 1.82) is 5.26 Å². The zero-order valence-electron chi connectivity index (χ0n) is 16.4. The summed E-state index contributed by atoms with van der Waals surface area (Å²) in [6.07, 6.45) is -0.312. The third-order valence-corrected chi connectivity index (χ3v) is 6.01. The van der Waals surface area contributed by atoms with Crippen molar-refractivity contribution in [3.8, 4) is 6.07 Å². The lowest BCUT2D eigenvalue weighted by Gasteiger charge is -2.28. The Morgan fingerprint density at radius 1 is 1.28 bits per heavy atom. The van der Waals surface area contributed by atoms with Crippen LogP contribution < -0.4 is 5.32 Å². The maximum atomic E-state index is 12.6. The Labute approximate surface area is 177 Å². The highest BCUT2D eigenvalue weighted by Crippen LogP contribution is 2.42. The van der Waals surface area contributed by atoms with Gasteiger partial charge < -0.3 is 14.8 Å². The molecule has 9 heteroatoms. The Kier molecular flexibility index (Phi) is 8.49. The van der Waals surface area contributed by atoms with Crippen LogP contribution in [0, 0.1) is 11.3 Å². The van der Waals surface area contributed by atoms with E-state index in [4.69, 9.17) is 9.47 Å². The Balaban J connectivity index is 2.29. The zero-order valence-corrected chi connectivity index (χ0v) is 18.1. The number of hydrogen-bond acceptors (Lipinski definition) is 9. The minimum absolute atomic E-state index is 0.00546. The largest absolute Gasteiger partial charge is 0.466 e. The maximum Gasteiger partial charge on any atom is 0.336 e. The van der Waals surface area contributed by atoms with E-state index in [0.717, 1.165) is 16.6 Å². The van der Waals surface area contributed by atoms with Gasteiger partial charge in [0, 0.05) is 10.6 Å². The van der Waals surface area contributed by atoms with Crippen LogP contribution in [-0.4, -0.2) is 36.7 Å². The lowest BCUT2D eigenvalue weighted by atomic mass is 9.87. The first-order valence-electron chi connectivity index (χ1n) is 9.05. The number of nitrogens with zero attached hydrogens (tertiary/aromatic N) is 1. The quantitative estimate of drug-likeness (QED) is 0.466. The SMILES string of the molecule is CCOC(=O)CC(=O)CSC1=C(C#N)C(c2cccs2)C(C(=O)OCC)=C(C)N1. The van der Waals surface area contributed by atoms with E-state index in [1.807, 2.05) is 17.5 Å². The van der Waals surface area contributed by atoms with Gasteiger partial charge in [-0.3, -0.25) is 9.59 Å². The lowest BCUT2D eigenvalue weighted by Crippen LogP contribution is -2.29. The Bertz CT molecular complexity index is 881. The van der Waals surface area contributed by atoms with Gasteiger partial charge in [0.2, 0.25) is 0 Å². The molecule has 0 fully saturated rings. The monoisotopic (exact) mass is 434 g/mol. The van der Waals surface area contributed by atoms with Gasteiger partial charge in [0.15, 0.2) is 5.78 Å². The van der Waals surface area contributed by atoms with Crippen LogP contribution >= 0.6 is 23.1 Å². The molecule has 1 aliphatic heterocycles. The molecule has 154 valence electrons. The van der Waals surface area contributed by atoms with Gasteiger partial charge >= 0.3 is 11.9 Å². The van der Waals surface area contributed by atoms with Crippen LogP contribution in [0.4, 0.5) is 0 Å². The second-order valence-corrected chi connectivity index (χ2v) is 7.96. The van der Waals surface area contributed by atoms with Crippen LogP contribution in [0.25, 0.3) is 0 Å². The van der Waals surface area contributed by atoms with Crippen LogP contribution in [0.2, 0.25) is 0 Å². The molecule has 1 atom stereocenters. The predicted octanol–water partition coefficient (Wildman–Crippen LogP) is 3.26. The number of thiophene rings is 1. The Morgan fingerprint density at radius 2 is 2.00 bits per heavy atom. The van der Waals surface area contributed by atoms with Crippen molar-refractivity contribution < 1.29 is 23.9 Å². The molecule has 0 saturated carbocycles. The summed E-state index contributed by atoms with van der Waals surface area (Å²) < 4.78 is 9.98. The van der Waals surface area contributed by atoms with Crippen LogP contribution in [0.5, 0.6) is 0 Å². The van der Waals surface area contributed by atoms with E-state index in [1.54, 1.807) is 20.8 Å². The molecule has 0 bridgehead atoms. The molecular weight excluding hydrogens is 412 g/mol. The molecular formula is C20H22N2O5S2. The summed E-state index contributed by atoms with van der Waals surface area (Å²) in [7, 11) is 0. The van der Waals surface area contributed by atoms with Gasteiger partial charge in [0.05, 0.1) is 47.1 Å². The van der Waals surface area contributed by atoms with Gasteiger partial charge in [-0.15, -0.1) is 11.3 Å². The molecule has 0 radical (unpaired) electrons. The number of ether oxygens (including phenoxy) is 2. The van der Waals surface area contributed by atoms with Crippen molar-refractivity contribution in [3.05, 3.63) is 44.3 Å². The number of nitrogens with one attached hydrogen (secondary N) is 1. The molecule has 1 N–H and O–H groups in total. The normalized spacial score (nSPS) is 16.1. The highest BCUT2D eigenvalue weighted by molar-refractivity contribution is 8.03. The maximum absolute atomic E-state index is 12.6. The third-order valence-electron chi connectivity index (χ3n) is 3.99. The molecule has 7 nitrogen and oxygen atoms in total. The van der Waals surface area contributed by atoms with Crippen molar-refractivity contribution in [2.75, 3.05) is 19.0 Å². The minimum atomic E-state index is -0.568. The lowest BCUT2D eigenvalue weighted by molar-refractivity contribution is -0.145. The van der Waals surface area contributed by atoms with Crippen LogP contribution in [0.15, 0.2) is 39.4 Å². The molecule has 1 unspecified atom stereocenters. The van der Waals surface area contributed by atoms with Gasteiger partial charge in [-0.2, -0.15) is 5.26 Å². The summed E-state index contributed by atoms with van der Waals surface area (Å²) >= 11 is 2.57. The molecule has 0 aliphatic carbocycles. The first kappa shape index (κ1) is 22.7. The Morgan fingerprint density at radius 3 is 2.59 bits per heavy atom. The number of nitriles is 1. The number of hydrogen-bond donors (Lipinski definition) is 1. The first-order chi connectivity index (χ1) is 13.9. The van der Waals surface area contributed by atoms with Crippen molar-refractivity contribution >= 4 is 40.8 Å². The third kappa shape index (κ3) is 5.71. The van der Waals surface area contributed by atoms with Gasteiger partial charge in [-0.05, 0) is 32.2 Å². The number of thioether (sulfide) groups is 1. The number of carbonyl (C=O) groups is 3. The molecule has 0 spiro atoms. The fourth-order valence-corrected chi connectivity index (χ4v) is 4.62. The van der Waals surface area contributed by atoms with Gasteiger partial charge in [-0.25, -0.2) is 4.79 Å². The number of rotatable bonds is 9. The molecule has 0 amide bonds. The highest BCUT2D eigenvalue weighted by Gasteiger charge is 2.36. The van der Waals surface area contributed by atoms with E-state index in [1.165, 1.54) is 11.3 Å². The van der Waals surface area contributed by atoms with E-state index in [2.05, 4.69) is 11.4 Å². The van der Waals surface area contributed by atoms with Crippen LogP contribution in [0.1, 0.15) is 38.0 Å². The number of esters is 2. The second kappa shape index (κ2) is 10.8. The summed E-state index contributed by atoms with van der Waals surface area (Å²) in [4.78, 5) is 37.0. The standard InChI is InChI=1S/C20H22N2O5S2/c1-4-26-16(24)9-13(23)11-29-19-14(10-21)18(15-7-6-8-28-15)17(12(3)22-19)20(25)27-5-2/h6-8,18,22H,4-5,9,11H2,1-3H3. The fourth-order valence-electron chi connectivity index (χ4n) is 2.82. The van der Waals surface area contributed by atoms with E-state index in [9.17, 15) is 19.6 Å². The predicted molar refractivity (Wildman–Crippen MR) is 111 cm³/mol. The average molecular weight is 435 g/mol. The molecule has 2 heterocycles. The average Bonchev–Trinajstić information content (AvgIpc) is 3.20. The summed E-state index contributed by atoms with van der Waals surface area (Å²) in [6, 6.07) is 5.89. The summed E-state index contributed by atoms with van der Waals surface area (Å²) in [5, 5.41) is 15.3. The number of carbonyl (C=O) groups excluding carboxylic acids is 3. The van der Waals surface area contributed by atoms with E-state index in [-0.39, 0.29) is 31.2 Å². The summed E-state index contributed by atoms with van der Waals surface area (Å²) in [6.45, 7) is 5.58. The van der Waals surface area contributed by atoms with Crippen molar-refractivity contribution in [2.24, 2.45) is 0 Å². The number of allylic oxidation sites excluding steroid dienone is 2. The first-order valence-corrected chi connectivity index (χ1v) is 10.9. The second-order valence-electron chi connectivity index (χ2n) is 6.00. The topological polar surface area (TPSA) is 105 Å². The molecule has 0 aromatic carbocycles. The minimum Gasteiger partial charge on any atom is -0.466 e. The van der Waals surface area contributed by atoms with Crippen molar-refractivity contribution in [2.45, 2.75) is 33.1 Å². The molecule has 1 aromatic rings. The number of ketones is 1. The van der Waals surface area contributed by atoms with E-state index >= 15 is 0 Å². The van der Waals surface area contributed by atoms with Crippen molar-refractivity contribution in [1.82, 2.24) is 5.32 Å². The Hall–Kier alpha value is -2.57. The highest BCUT2D eigenvalue weighted by atomic mass is 32.2. The summed E-state index contributed by atoms with van der Waals surface area (Å²) in [5.41, 5.74) is 1.30. The molecule has 0 saturated heterocycles. The number of dihydropyridines is 1. The number of Topliss-reactive ketones (excluding diaryl/α,β-unsaturated/α-hetero) is 1. The van der Waals surface area contributed by atoms with E-state index < -0.39 is 17.9 Å². The summed E-state index contributed by atoms with van der Waals surface area (Å²) in [5.74, 6) is -1.91. The fraction of sp³-hybridized carbons (Fsp3) is 0.400. The zero-order chi connectivity index (χ0) is 21.4. The molecule has 2 rings (SSSR count). The molecule has 1 aromatic heterocycles.